The van der Waals surface area contributed by atoms with Crippen molar-refractivity contribution in [3.63, 3.8) is 0 Å². The number of rotatable bonds is 10. The van der Waals surface area contributed by atoms with Gasteiger partial charge in [0, 0.05) is 18.5 Å². The molecule has 1 rings (SSSR count). The first-order chi connectivity index (χ1) is 9.72. The number of nitrogens with one attached hydrogen (secondary N) is 1. The Labute approximate surface area is 130 Å². The monoisotopic (exact) mass is 349 g/mol. The Morgan fingerprint density at radius 3 is 2.40 bits per heavy atom. The minimum Gasteiger partial charge on any atom is -0.465 e. The van der Waals surface area contributed by atoms with Crippen LogP contribution in [0.1, 0.15) is 57.8 Å². The van der Waals surface area contributed by atoms with Crippen LogP contribution in [0.5, 0.6) is 0 Å². The zero-order valence-corrected chi connectivity index (χ0v) is 13.9. The quantitative estimate of drug-likeness (QED) is 0.459. The molecule has 0 aliphatic heterocycles. The molecule has 0 saturated heterocycles. The predicted octanol–water partition coefficient (Wildman–Crippen LogP) is 4.17. The van der Waals surface area contributed by atoms with Gasteiger partial charge in [0.2, 0.25) is 0 Å². The van der Waals surface area contributed by atoms with Crippen molar-refractivity contribution in [2.75, 3.05) is 18.5 Å². The van der Waals surface area contributed by atoms with Crippen LogP contribution in [0, 0.1) is 5.92 Å². The zero-order valence-electron chi connectivity index (χ0n) is 12.3. The second-order valence-corrected chi connectivity index (χ2v) is 6.45. The molecule has 1 aliphatic carbocycles. The molecule has 1 amide bonds. The van der Waals surface area contributed by atoms with Crippen molar-refractivity contribution in [2.45, 2.75) is 63.9 Å². The maximum absolute atomic E-state index is 10.4. The van der Waals surface area contributed by atoms with Crippen LogP contribution in [0.15, 0.2) is 0 Å². The second kappa shape index (κ2) is 11.4. The number of carbonyl (C=O) groups is 1. The van der Waals surface area contributed by atoms with Crippen molar-refractivity contribution < 1.29 is 14.6 Å². The van der Waals surface area contributed by atoms with Gasteiger partial charge < -0.3 is 15.2 Å². The smallest absolute Gasteiger partial charge is 0.404 e. The molecule has 118 valence electrons. The largest absolute Gasteiger partial charge is 0.465 e. The SMILES string of the molecule is O=C(O)NCC1CCC(OCCCCCCCBr)CC1. The van der Waals surface area contributed by atoms with E-state index in [-0.39, 0.29) is 0 Å². The third-order valence-electron chi connectivity index (χ3n) is 3.97. The molecule has 1 saturated carbocycles. The van der Waals surface area contributed by atoms with Gasteiger partial charge in [-0.2, -0.15) is 0 Å². The van der Waals surface area contributed by atoms with E-state index in [1.807, 2.05) is 0 Å². The van der Waals surface area contributed by atoms with Gasteiger partial charge in [-0.15, -0.1) is 0 Å². The number of ether oxygens (including phenoxy) is 1. The Balaban J connectivity index is 1.93. The first-order valence-corrected chi connectivity index (χ1v) is 8.99. The van der Waals surface area contributed by atoms with Crippen molar-refractivity contribution in [1.29, 1.82) is 0 Å². The highest BCUT2D eigenvalue weighted by molar-refractivity contribution is 9.09. The number of halogens is 1. The molecular weight excluding hydrogens is 322 g/mol. The Hall–Kier alpha value is -0.290. The summed E-state index contributed by atoms with van der Waals surface area (Å²) in [6.07, 6.45) is 10.1. The van der Waals surface area contributed by atoms with Gasteiger partial charge in [0.25, 0.3) is 0 Å². The fourth-order valence-corrected chi connectivity index (χ4v) is 3.11. The summed E-state index contributed by atoms with van der Waals surface area (Å²) < 4.78 is 5.92. The average Bonchev–Trinajstić information content (AvgIpc) is 2.45. The van der Waals surface area contributed by atoms with E-state index in [0.29, 0.717) is 18.6 Å². The van der Waals surface area contributed by atoms with Gasteiger partial charge in [-0.1, -0.05) is 35.2 Å². The predicted molar refractivity (Wildman–Crippen MR) is 84.6 cm³/mol. The summed E-state index contributed by atoms with van der Waals surface area (Å²) in [7, 11) is 0. The number of alkyl halides is 1. The second-order valence-electron chi connectivity index (χ2n) is 5.66. The van der Waals surface area contributed by atoms with E-state index in [1.54, 1.807) is 0 Å². The number of unbranched alkanes of at least 4 members (excludes halogenated alkanes) is 4. The van der Waals surface area contributed by atoms with Crippen LogP contribution in [0.4, 0.5) is 4.79 Å². The third-order valence-corrected chi connectivity index (χ3v) is 4.53. The molecule has 1 fully saturated rings. The van der Waals surface area contributed by atoms with Crippen LogP contribution in [0.25, 0.3) is 0 Å². The summed E-state index contributed by atoms with van der Waals surface area (Å²) in [6, 6.07) is 0. The summed E-state index contributed by atoms with van der Waals surface area (Å²) in [5.74, 6) is 0.496. The van der Waals surface area contributed by atoms with E-state index >= 15 is 0 Å². The van der Waals surface area contributed by atoms with Gasteiger partial charge in [-0.3, -0.25) is 0 Å². The van der Waals surface area contributed by atoms with E-state index in [2.05, 4.69) is 21.2 Å². The minimum atomic E-state index is -0.914. The molecular formula is C15H28BrNO3. The highest BCUT2D eigenvalue weighted by atomic mass is 79.9. The van der Waals surface area contributed by atoms with E-state index < -0.39 is 6.09 Å². The zero-order chi connectivity index (χ0) is 14.6. The maximum atomic E-state index is 10.4. The first kappa shape index (κ1) is 17.8. The number of amides is 1. The molecule has 2 N–H and O–H groups in total. The maximum Gasteiger partial charge on any atom is 0.404 e. The van der Waals surface area contributed by atoms with Gasteiger partial charge in [0.15, 0.2) is 0 Å². The molecule has 20 heavy (non-hydrogen) atoms. The summed E-state index contributed by atoms with van der Waals surface area (Å²) >= 11 is 3.45. The summed E-state index contributed by atoms with van der Waals surface area (Å²) in [5.41, 5.74) is 0. The molecule has 5 heteroatoms. The van der Waals surface area contributed by atoms with Gasteiger partial charge in [0.05, 0.1) is 6.10 Å². The van der Waals surface area contributed by atoms with Gasteiger partial charge in [0.1, 0.15) is 0 Å². The van der Waals surface area contributed by atoms with Crippen LogP contribution in [0.3, 0.4) is 0 Å². The standard InChI is InChI=1S/C15H28BrNO3/c16-10-4-2-1-3-5-11-20-14-8-6-13(7-9-14)12-17-15(18)19/h13-14,17H,1-12H2,(H,18,19). The summed E-state index contributed by atoms with van der Waals surface area (Å²) in [5, 5.41) is 12.2. The summed E-state index contributed by atoms with van der Waals surface area (Å²) in [4.78, 5) is 10.4. The lowest BCUT2D eigenvalue weighted by atomic mass is 9.87. The van der Waals surface area contributed by atoms with Crippen molar-refractivity contribution in [2.24, 2.45) is 5.92 Å². The van der Waals surface area contributed by atoms with Crippen LogP contribution < -0.4 is 5.32 Å². The van der Waals surface area contributed by atoms with Crippen LogP contribution >= 0.6 is 15.9 Å². The third kappa shape index (κ3) is 8.80. The van der Waals surface area contributed by atoms with Crippen LogP contribution in [-0.4, -0.2) is 35.8 Å². The molecule has 4 nitrogen and oxygen atoms in total. The molecule has 1 aliphatic rings. The number of carboxylic acid groups (broad SMARTS) is 1. The lowest BCUT2D eigenvalue weighted by molar-refractivity contribution is 0.0163. The van der Waals surface area contributed by atoms with E-state index in [1.165, 1.54) is 32.1 Å². The van der Waals surface area contributed by atoms with Crippen molar-refractivity contribution in [3.05, 3.63) is 0 Å². The highest BCUT2D eigenvalue weighted by Gasteiger charge is 2.21. The highest BCUT2D eigenvalue weighted by Crippen LogP contribution is 2.25. The van der Waals surface area contributed by atoms with E-state index in [4.69, 9.17) is 9.84 Å². The molecule has 0 bridgehead atoms. The number of hydrogen-bond acceptors (Lipinski definition) is 2. The van der Waals surface area contributed by atoms with Crippen LogP contribution in [-0.2, 0) is 4.74 Å². The van der Waals surface area contributed by atoms with Crippen LogP contribution in [0.2, 0.25) is 0 Å². The Morgan fingerprint density at radius 1 is 1.10 bits per heavy atom. The number of hydrogen-bond donors (Lipinski definition) is 2. The van der Waals surface area contributed by atoms with Gasteiger partial charge in [-0.25, -0.2) is 4.79 Å². The fourth-order valence-electron chi connectivity index (χ4n) is 2.71. The fraction of sp³-hybridized carbons (Fsp3) is 0.933. The van der Waals surface area contributed by atoms with Gasteiger partial charge in [-0.05, 0) is 44.4 Å². The van der Waals surface area contributed by atoms with Gasteiger partial charge >= 0.3 is 6.09 Å². The Kier molecular flexibility index (Phi) is 10.1. The van der Waals surface area contributed by atoms with Crippen molar-refractivity contribution in [1.82, 2.24) is 5.32 Å². The normalized spacial score (nSPS) is 22.6. The lowest BCUT2D eigenvalue weighted by Crippen LogP contribution is -2.31. The molecule has 0 atom stereocenters. The molecule has 0 radical (unpaired) electrons. The van der Waals surface area contributed by atoms with E-state index in [9.17, 15) is 4.79 Å². The molecule has 0 aromatic rings. The van der Waals surface area contributed by atoms with Crippen molar-refractivity contribution >= 4 is 22.0 Å². The Morgan fingerprint density at radius 2 is 1.75 bits per heavy atom. The Bertz CT molecular complexity index is 256. The van der Waals surface area contributed by atoms with Crippen molar-refractivity contribution in [3.8, 4) is 0 Å². The minimum absolute atomic E-state index is 0.401. The molecule has 0 unspecified atom stereocenters. The molecule has 0 heterocycles. The molecule has 0 aromatic heterocycles. The molecule has 0 aromatic carbocycles. The average molecular weight is 350 g/mol. The lowest BCUT2D eigenvalue weighted by Gasteiger charge is -2.28. The first-order valence-electron chi connectivity index (χ1n) is 7.86. The van der Waals surface area contributed by atoms with E-state index in [0.717, 1.165) is 37.6 Å². The molecule has 0 spiro atoms. The topological polar surface area (TPSA) is 58.6 Å². The summed E-state index contributed by atoms with van der Waals surface area (Å²) in [6.45, 7) is 1.48.